The molecular formula is C16H15N5O. The summed E-state index contributed by atoms with van der Waals surface area (Å²) in [5.74, 6) is -0.423. The van der Waals surface area contributed by atoms with Crippen molar-refractivity contribution in [2.75, 3.05) is 0 Å². The summed E-state index contributed by atoms with van der Waals surface area (Å²) in [7, 11) is 0. The Labute approximate surface area is 128 Å². The molecule has 0 unspecified atom stereocenters. The number of hydrogen-bond donors (Lipinski definition) is 2. The van der Waals surface area contributed by atoms with E-state index in [0.717, 1.165) is 11.1 Å². The maximum Gasteiger partial charge on any atom is 0.263 e. The Morgan fingerprint density at radius 2 is 1.95 bits per heavy atom. The highest BCUT2D eigenvalue weighted by atomic mass is 16.1. The highest BCUT2D eigenvalue weighted by Gasteiger charge is 2.08. The molecule has 2 N–H and O–H groups in total. The van der Waals surface area contributed by atoms with Crippen LogP contribution >= 0.6 is 0 Å². The third kappa shape index (κ3) is 4.72. The van der Waals surface area contributed by atoms with Crippen molar-refractivity contribution < 1.29 is 4.79 Å². The van der Waals surface area contributed by atoms with Gasteiger partial charge in [-0.05, 0) is 29.3 Å². The molecule has 6 nitrogen and oxygen atoms in total. The van der Waals surface area contributed by atoms with E-state index in [9.17, 15) is 4.79 Å². The van der Waals surface area contributed by atoms with Crippen molar-refractivity contribution in [2.24, 2.45) is 0 Å². The predicted octanol–water partition coefficient (Wildman–Crippen LogP) is 1.29. The van der Waals surface area contributed by atoms with Crippen LogP contribution in [0.4, 0.5) is 0 Å². The lowest BCUT2D eigenvalue weighted by Crippen LogP contribution is -2.25. The molecule has 110 valence electrons. The maximum atomic E-state index is 11.9. The highest BCUT2D eigenvalue weighted by Crippen LogP contribution is 1.98. The number of pyridine rings is 2. The Morgan fingerprint density at radius 1 is 1.14 bits per heavy atom. The van der Waals surface area contributed by atoms with Gasteiger partial charge in [0.25, 0.3) is 5.91 Å². The first-order chi connectivity index (χ1) is 10.8. The number of nitriles is 1. The van der Waals surface area contributed by atoms with Crippen LogP contribution in [0.2, 0.25) is 0 Å². The summed E-state index contributed by atoms with van der Waals surface area (Å²) in [5, 5.41) is 14.7. The fourth-order valence-corrected chi connectivity index (χ4v) is 1.70. The molecule has 1 amide bonds. The lowest BCUT2D eigenvalue weighted by molar-refractivity contribution is -0.117. The molecule has 0 aliphatic rings. The molecule has 22 heavy (non-hydrogen) atoms. The van der Waals surface area contributed by atoms with E-state index in [4.69, 9.17) is 5.26 Å². The Hall–Kier alpha value is -3.20. The summed E-state index contributed by atoms with van der Waals surface area (Å²) in [4.78, 5) is 19.8. The van der Waals surface area contributed by atoms with Crippen molar-refractivity contribution in [3.05, 3.63) is 72.0 Å². The largest absolute Gasteiger partial charge is 0.386 e. The second-order valence-electron chi connectivity index (χ2n) is 4.45. The van der Waals surface area contributed by atoms with Crippen LogP contribution in [0.25, 0.3) is 0 Å². The number of nitrogens with zero attached hydrogens (tertiary/aromatic N) is 3. The average molecular weight is 293 g/mol. The van der Waals surface area contributed by atoms with Crippen molar-refractivity contribution in [2.45, 2.75) is 13.1 Å². The molecular weight excluding hydrogens is 278 g/mol. The third-order valence-electron chi connectivity index (χ3n) is 2.84. The van der Waals surface area contributed by atoms with Crippen LogP contribution in [0.15, 0.2) is 60.8 Å². The summed E-state index contributed by atoms with van der Waals surface area (Å²) in [6, 6.07) is 9.24. The Balaban J connectivity index is 1.86. The minimum atomic E-state index is -0.423. The van der Waals surface area contributed by atoms with Crippen LogP contribution in [-0.4, -0.2) is 15.9 Å². The van der Waals surface area contributed by atoms with Gasteiger partial charge in [0.2, 0.25) is 0 Å². The molecule has 0 aromatic carbocycles. The van der Waals surface area contributed by atoms with Crippen LogP contribution in [0, 0.1) is 11.3 Å². The Kier molecular flexibility index (Phi) is 5.64. The van der Waals surface area contributed by atoms with Gasteiger partial charge in [-0.1, -0.05) is 6.07 Å². The molecule has 0 bridgehead atoms. The standard InChI is InChI=1S/C16H15N5O/c17-8-15(12-20-9-13-3-6-18-7-4-13)16(22)21-11-14-2-1-5-19-10-14/h1-7,10,12,20H,9,11H2,(H,21,22)/b15-12-. The summed E-state index contributed by atoms with van der Waals surface area (Å²) < 4.78 is 0. The van der Waals surface area contributed by atoms with Gasteiger partial charge in [0.05, 0.1) is 0 Å². The van der Waals surface area contributed by atoms with Crippen LogP contribution in [-0.2, 0) is 17.9 Å². The van der Waals surface area contributed by atoms with Crippen molar-refractivity contribution in [1.82, 2.24) is 20.6 Å². The molecule has 0 aliphatic carbocycles. The summed E-state index contributed by atoms with van der Waals surface area (Å²) in [6.07, 6.45) is 8.12. The molecule has 2 aromatic rings. The first-order valence-corrected chi connectivity index (χ1v) is 6.69. The zero-order chi connectivity index (χ0) is 15.6. The van der Waals surface area contributed by atoms with E-state index in [0.29, 0.717) is 13.1 Å². The fraction of sp³-hybridized carbons (Fsp3) is 0.125. The molecule has 0 saturated heterocycles. The average Bonchev–Trinajstić information content (AvgIpc) is 2.58. The van der Waals surface area contributed by atoms with Crippen molar-refractivity contribution in [3.63, 3.8) is 0 Å². The minimum Gasteiger partial charge on any atom is -0.386 e. The SMILES string of the molecule is N#C/C(=C/NCc1ccncc1)C(=O)NCc1cccnc1. The van der Waals surface area contributed by atoms with Gasteiger partial charge in [0, 0.05) is 44.1 Å². The number of carbonyl (C=O) groups excluding carboxylic acids is 1. The first kappa shape index (κ1) is 15.2. The van der Waals surface area contributed by atoms with Crippen molar-refractivity contribution in [1.29, 1.82) is 5.26 Å². The zero-order valence-corrected chi connectivity index (χ0v) is 11.9. The second-order valence-corrected chi connectivity index (χ2v) is 4.45. The minimum absolute atomic E-state index is 0.0259. The molecule has 0 spiro atoms. The number of hydrogen-bond acceptors (Lipinski definition) is 5. The molecule has 0 fully saturated rings. The van der Waals surface area contributed by atoms with E-state index in [-0.39, 0.29) is 5.57 Å². The smallest absolute Gasteiger partial charge is 0.263 e. The fourth-order valence-electron chi connectivity index (χ4n) is 1.70. The van der Waals surface area contributed by atoms with E-state index < -0.39 is 5.91 Å². The second kappa shape index (κ2) is 8.17. The van der Waals surface area contributed by atoms with Crippen LogP contribution in [0.5, 0.6) is 0 Å². The quantitative estimate of drug-likeness (QED) is 0.618. The van der Waals surface area contributed by atoms with Crippen LogP contribution < -0.4 is 10.6 Å². The van der Waals surface area contributed by atoms with Gasteiger partial charge in [-0.15, -0.1) is 0 Å². The third-order valence-corrected chi connectivity index (χ3v) is 2.84. The summed E-state index contributed by atoms with van der Waals surface area (Å²) >= 11 is 0. The molecule has 0 radical (unpaired) electrons. The zero-order valence-electron chi connectivity index (χ0n) is 11.9. The van der Waals surface area contributed by atoms with Crippen LogP contribution in [0.3, 0.4) is 0 Å². The Morgan fingerprint density at radius 3 is 2.64 bits per heavy atom. The molecule has 6 heteroatoms. The van der Waals surface area contributed by atoms with Crippen LogP contribution in [0.1, 0.15) is 11.1 Å². The van der Waals surface area contributed by atoms with E-state index in [2.05, 4.69) is 20.6 Å². The topological polar surface area (TPSA) is 90.7 Å². The van der Waals surface area contributed by atoms with E-state index in [1.165, 1.54) is 6.20 Å². The Bertz CT molecular complexity index is 677. The molecule has 0 aliphatic heterocycles. The van der Waals surface area contributed by atoms with Crippen molar-refractivity contribution in [3.8, 4) is 6.07 Å². The maximum absolute atomic E-state index is 11.9. The van der Waals surface area contributed by atoms with Gasteiger partial charge in [-0.3, -0.25) is 14.8 Å². The predicted molar refractivity (Wildman–Crippen MR) is 80.9 cm³/mol. The number of aromatic nitrogens is 2. The number of amides is 1. The molecule has 2 heterocycles. The van der Waals surface area contributed by atoms with Gasteiger partial charge < -0.3 is 10.6 Å². The van der Waals surface area contributed by atoms with E-state index in [1.807, 2.05) is 24.3 Å². The van der Waals surface area contributed by atoms with E-state index >= 15 is 0 Å². The lowest BCUT2D eigenvalue weighted by Gasteiger charge is -2.05. The van der Waals surface area contributed by atoms with Crippen molar-refractivity contribution >= 4 is 5.91 Å². The normalized spacial score (nSPS) is 10.6. The lowest BCUT2D eigenvalue weighted by atomic mass is 10.2. The van der Waals surface area contributed by atoms with E-state index in [1.54, 1.807) is 30.9 Å². The first-order valence-electron chi connectivity index (χ1n) is 6.69. The summed E-state index contributed by atoms with van der Waals surface area (Å²) in [5.41, 5.74) is 1.91. The molecule has 0 atom stereocenters. The van der Waals surface area contributed by atoms with Gasteiger partial charge in [-0.2, -0.15) is 5.26 Å². The summed E-state index contributed by atoms with van der Waals surface area (Å²) in [6.45, 7) is 0.847. The monoisotopic (exact) mass is 293 g/mol. The molecule has 2 rings (SSSR count). The van der Waals surface area contributed by atoms with Gasteiger partial charge in [0.1, 0.15) is 11.6 Å². The molecule has 0 saturated carbocycles. The number of carbonyl (C=O) groups is 1. The number of nitrogens with one attached hydrogen (secondary N) is 2. The number of rotatable bonds is 6. The van der Waals surface area contributed by atoms with Gasteiger partial charge >= 0.3 is 0 Å². The van der Waals surface area contributed by atoms with Gasteiger partial charge in [0.15, 0.2) is 0 Å². The van der Waals surface area contributed by atoms with Gasteiger partial charge in [-0.25, -0.2) is 0 Å². The highest BCUT2D eigenvalue weighted by molar-refractivity contribution is 5.97. The molecule has 2 aromatic heterocycles.